The lowest BCUT2D eigenvalue weighted by Crippen LogP contribution is -2.12. The number of hydrogen-bond donors (Lipinski definition) is 1. The minimum Gasteiger partial charge on any atom is -0.497 e. The minimum absolute atomic E-state index is 0.0188. The van der Waals surface area contributed by atoms with Crippen molar-refractivity contribution in [3.05, 3.63) is 59.5 Å². The molecule has 0 saturated carbocycles. The molecule has 1 amide bonds. The summed E-state index contributed by atoms with van der Waals surface area (Å²) in [6.07, 6.45) is 0.444. The van der Waals surface area contributed by atoms with Crippen molar-refractivity contribution >= 4 is 11.9 Å². The fourth-order valence-electron chi connectivity index (χ4n) is 2.40. The Hall–Kier alpha value is -3.55. The maximum absolute atomic E-state index is 12.4. The van der Waals surface area contributed by atoms with Crippen LogP contribution in [0.2, 0.25) is 0 Å². The number of amides is 1. The summed E-state index contributed by atoms with van der Waals surface area (Å²) in [7, 11) is 4.64. The summed E-state index contributed by atoms with van der Waals surface area (Å²) < 4.78 is 21.0. The summed E-state index contributed by atoms with van der Waals surface area (Å²) in [5, 5.41) is 10.4. The molecule has 0 spiro atoms. The van der Waals surface area contributed by atoms with Gasteiger partial charge in [-0.25, -0.2) is 0 Å². The third-order valence-electron chi connectivity index (χ3n) is 3.82. The van der Waals surface area contributed by atoms with E-state index in [0.29, 0.717) is 29.4 Å². The van der Waals surface area contributed by atoms with Crippen LogP contribution in [0.15, 0.2) is 46.9 Å². The van der Waals surface area contributed by atoms with Gasteiger partial charge < -0.3 is 18.6 Å². The van der Waals surface area contributed by atoms with Crippen LogP contribution in [0.4, 0.5) is 6.01 Å². The van der Waals surface area contributed by atoms with Gasteiger partial charge in [0.05, 0.1) is 27.8 Å². The average Bonchev–Trinajstić information content (AvgIpc) is 3.14. The highest BCUT2D eigenvalue weighted by Gasteiger charge is 2.14. The maximum Gasteiger partial charge on any atom is 0.322 e. The van der Waals surface area contributed by atoms with E-state index in [4.69, 9.17) is 18.6 Å². The first-order valence-electron chi connectivity index (χ1n) is 8.11. The van der Waals surface area contributed by atoms with Crippen LogP contribution in [0.1, 0.15) is 21.8 Å². The zero-order valence-electron chi connectivity index (χ0n) is 15.2. The van der Waals surface area contributed by atoms with Crippen LogP contribution in [0.25, 0.3) is 0 Å². The van der Waals surface area contributed by atoms with Crippen molar-refractivity contribution in [2.75, 3.05) is 26.6 Å². The summed E-state index contributed by atoms with van der Waals surface area (Å²) >= 11 is 0. The third kappa shape index (κ3) is 4.55. The van der Waals surface area contributed by atoms with E-state index in [2.05, 4.69) is 15.5 Å². The molecule has 0 aliphatic rings. The lowest BCUT2D eigenvalue weighted by Gasteiger charge is -2.07. The standard InChI is InChI=1S/C19H19N3O5/c1-24-14-6-4-12(5-7-14)8-17-21-22-19(27-17)20-18(23)13-9-15(25-2)11-16(10-13)26-3/h4-7,9-11H,8H2,1-3H3,(H,20,22,23). The predicted octanol–water partition coefficient (Wildman–Crippen LogP) is 2.94. The molecule has 1 aromatic heterocycles. The van der Waals surface area contributed by atoms with E-state index in [-0.39, 0.29) is 6.01 Å². The topological polar surface area (TPSA) is 95.7 Å². The van der Waals surface area contributed by atoms with Gasteiger partial charge in [-0.2, -0.15) is 0 Å². The van der Waals surface area contributed by atoms with Gasteiger partial charge in [-0.05, 0) is 29.8 Å². The Morgan fingerprint density at radius 1 is 0.926 bits per heavy atom. The molecule has 3 rings (SSSR count). The van der Waals surface area contributed by atoms with Crippen molar-refractivity contribution in [1.82, 2.24) is 10.2 Å². The molecule has 0 aliphatic heterocycles. The van der Waals surface area contributed by atoms with Crippen LogP contribution in [0, 0.1) is 0 Å². The summed E-state index contributed by atoms with van der Waals surface area (Å²) in [6, 6.07) is 12.4. The molecule has 0 saturated heterocycles. The molecule has 0 aliphatic carbocycles. The second-order valence-corrected chi connectivity index (χ2v) is 5.58. The highest BCUT2D eigenvalue weighted by molar-refractivity contribution is 6.03. The van der Waals surface area contributed by atoms with Crippen LogP contribution in [-0.2, 0) is 6.42 Å². The second-order valence-electron chi connectivity index (χ2n) is 5.58. The number of nitrogens with zero attached hydrogens (tertiary/aromatic N) is 2. The molecule has 140 valence electrons. The molecule has 0 fully saturated rings. The van der Waals surface area contributed by atoms with Gasteiger partial charge in [-0.1, -0.05) is 17.2 Å². The fraction of sp³-hybridized carbons (Fsp3) is 0.211. The van der Waals surface area contributed by atoms with Gasteiger partial charge in [0, 0.05) is 11.6 Å². The Morgan fingerprint density at radius 3 is 2.15 bits per heavy atom. The molecule has 0 unspecified atom stereocenters. The lowest BCUT2D eigenvalue weighted by molar-refractivity contribution is 0.102. The van der Waals surface area contributed by atoms with Gasteiger partial charge in [-0.15, -0.1) is 5.10 Å². The first kappa shape index (κ1) is 18.2. The molecule has 8 heteroatoms. The Morgan fingerprint density at radius 2 is 1.56 bits per heavy atom. The third-order valence-corrected chi connectivity index (χ3v) is 3.82. The number of carbonyl (C=O) groups excluding carboxylic acids is 1. The number of rotatable bonds is 7. The first-order chi connectivity index (χ1) is 13.1. The molecule has 1 heterocycles. The number of ether oxygens (including phenoxy) is 3. The molecule has 8 nitrogen and oxygen atoms in total. The van der Waals surface area contributed by atoms with Gasteiger partial charge in [0.15, 0.2) is 0 Å². The molecular weight excluding hydrogens is 350 g/mol. The number of anilines is 1. The first-order valence-corrected chi connectivity index (χ1v) is 8.11. The van der Waals surface area contributed by atoms with Crippen LogP contribution < -0.4 is 19.5 Å². The van der Waals surface area contributed by atoms with E-state index in [0.717, 1.165) is 11.3 Å². The molecule has 0 bridgehead atoms. The summed E-state index contributed by atoms with van der Waals surface area (Å²) in [5.74, 6) is 1.76. The Kier molecular flexibility index (Phi) is 5.55. The van der Waals surface area contributed by atoms with Crippen LogP contribution >= 0.6 is 0 Å². The summed E-state index contributed by atoms with van der Waals surface area (Å²) in [4.78, 5) is 12.4. The SMILES string of the molecule is COc1ccc(Cc2nnc(NC(=O)c3cc(OC)cc(OC)c3)o2)cc1. The summed E-state index contributed by atoms with van der Waals surface area (Å²) in [5.41, 5.74) is 1.33. The van der Waals surface area contributed by atoms with E-state index in [9.17, 15) is 4.79 Å². The minimum atomic E-state index is -0.410. The highest BCUT2D eigenvalue weighted by Crippen LogP contribution is 2.23. The van der Waals surface area contributed by atoms with Crippen molar-refractivity contribution in [2.45, 2.75) is 6.42 Å². The molecule has 0 radical (unpaired) electrons. The fourth-order valence-corrected chi connectivity index (χ4v) is 2.40. The number of nitrogens with one attached hydrogen (secondary N) is 1. The largest absolute Gasteiger partial charge is 0.497 e. The van der Waals surface area contributed by atoms with E-state index in [1.165, 1.54) is 14.2 Å². The van der Waals surface area contributed by atoms with Crippen LogP contribution in [-0.4, -0.2) is 37.4 Å². The maximum atomic E-state index is 12.4. The summed E-state index contributed by atoms with van der Waals surface area (Å²) in [6.45, 7) is 0. The average molecular weight is 369 g/mol. The second kappa shape index (κ2) is 8.22. The Bertz CT molecular complexity index is 899. The molecule has 2 aromatic carbocycles. The number of benzene rings is 2. The molecular formula is C19H19N3O5. The quantitative estimate of drug-likeness (QED) is 0.684. The smallest absolute Gasteiger partial charge is 0.322 e. The number of methoxy groups -OCH3 is 3. The van der Waals surface area contributed by atoms with Gasteiger partial charge in [0.25, 0.3) is 5.91 Å². The molecule has 1 N–H and O–H groups in total. The van der Waals surface area contributed by atoms with Crippen molar-refractivity contribution < 1.29 is 23.4 Å². The van der Waals surface area contributed by atoms with Crippen molar-refractivity contribution in [1.29, 1.82) is 0 Å². The van der Waals surface area contributed by atoms with E-state index < -0.39 is 5.91 Å². The highest BCUT2D eigenvalue weighted by atomic mass is 16.5. The van der Waals surface area contributed by atoms with Gasteiger partial charge in [0.1, 0.15) is 17.2 Å². The van der Waals surface area contributed by atoms with Crippen molar-refractivity contribution in [2.24, 2.45) is 0 Å². The van der Waals surface area contributed by atoms with Crippen molar-refractivity contribution in [3.8, 4) is 17.2 Å². The zero-order chi connectivity index (χ0) is 19.2. The van der Waals surface area contributed by atoms with Gasteiger partial charge >= 0.3 is 6.01 Å². The van der Waals surface area contributed by atoms with Crippen molar-refractivity contribution in [3.63, 3.8) is 0 Å². The predicted molar refractivity (Wildman–Crippen MR) is 97.6 cm³/mol. The lowest BCUT2D eigenvalue weighted by atomic mass is 10.1. The van der Waals surface area contributed by atoms with E-state index in [1.807, 2.05) is 24.3 Å². The number of aromatic nitrogens is 2. The molecule has 3 aromatic rings. The molecule has 27 heavy (non-hydrogen) atoms. The number of hydrogen-bond acceptors (Lipinski definition) is 7. The zero-order valence-corrected chi connectivity index (χ0v) is 15.2. The van der Waals surface area contributed by atoms with Gasteiger partial charge in [0.2, 0.25) is 5.89 Å². The monoisotopic (exact) mass is 369 g/mol. The van der Waals surface area contributed by atoms with E-state index in [1.54, 1.807) is 25.3 Å². The number of carbonyl (C=O) groups is 1. The van der Waals surface area contributed by atoms with Crippen LogP contribution in [0.5, 0.6) is 17.2 Å². The Balaban J connectivity index is 1.68. The van der Waals surface area contributed by atoms with E-state index >= 15 is 0 Å². The molecule has 0 atom stereocenters. The Labute approximate surface area is 156 Å². The van der Waals surface area contributed by atoms with Gasteiger partial charge in [-0.3, -0.25) is 10.1 Å². The van der Waals surface area contributed by atoms with Crippen LogP contribution in [0.3, 0.4) is 0 Å². The normalized spacial score (nSPS) is 10.3.